The van der Waals surface area contributed by atoms with Crippen LogP contribution in [0.15, 0.2) is 30.5 Å². The van der Waals surface area contributed by atoms with Gasteiger partial charge in [-0.05, 0) is 24.8 Å². The molecule has 0 unspecified atom stereocenters. The number of ether oxygens (including phenoxy) is 1. The summed E-state index contributed by atoms with van der Waals surface area (Å²) in [5.74, 6) is 0.776. The van der Waals surface area contributed by atoms with Crippen LogP contribution in [0.1, 0.15) is 25.7 Å². The topological polar surface area (TPSA) is 93.5 Å². The number of methoxy groups -OCH3 is 1. The fourth-order valence-electron chi connectivity index (χ4n) is 2.46. The highest BCUT2D eigenvalue weighted by molar-refractivity contribution is 5.91. The molecule has 2 N–H and O–H groups in total. The van der Waals surface area contributed by atoms with E-state index < -0.39 is 11.0 Å². The van der Waals surface area contributed by atoms with Crippen molar-refractivity contribution in [1.29, 1.82) is 0 Å². The van der Waals surface area contributed by atoms with E-state index in [2.05, 4.69) is 10.6 Å². The normalized spacial score (nSPS) is 15.0. The van der Waals surface area contributed by atoms with E-state index in [4.69, 9.17) is 4.74 Å². The zero-order valence-electron chi connectivity index (χ0n) is 12.4. The summed E-state index contributed by atoms with van der Waals surface area (Å²) in [4.78, 5) is 22.0. The van der Waals surface area contributed by atoms with Gasteiger partial charge in [-0.1, -0.05) is 18.9 Å². The zero-order chi connectivity index (χ0) is 15.9. The van der Waals surface area contributed by atoms with Gasteiger partial charge in [-0.3, -0.25) is 10.1 Å². The number of anilines is 1. The molecule has 0 bridgehead atoms. The summed E-state index contributed by atoms with van der Waals surface area (Å²) in [6.07, 6.45) is 8.44. The van der Waals surface area contributed by atoms with Crippen LogP contribution in [0.4, 0.5) is 16.2 Å². The minimum Gasteiger partial charge on any atom is -0.494 e. The van der Waals surface area contributed by atoms with Gasteiger partial charge < -0.3 is 15.4 Å². The van der Waals surface area contributed by atoms with Crippen LogP contribution in [0.25, 0.3) is 0 Å². The highest BCUT2D eigenvalue weighted by atomic mass is 16.6. The van der Waals surface area contributed by atoms with Crippen LogP contribution in [0.2, 0.25) is 0 Å². The molecular formula is C15H19N3O4. The third kappa shape index (κ3) is 4.21. The first-order valence-electron chi connectivity index (χ1n) is 7.17. The maximum absolute atomic E-state index is 11.8. The number of carbonyl (C=O) groups is 1. The van der Waals surface area contributed by atoms with Gasteiger partial charge in [0.25, 0.3) is 5.69 Å². The fourth-order valence-corrected chi connectivity index (χ4v) is 2.46. The van der Waals surface area contributed by atoms with E-state index in [1.165, 1.54) is 38.2 Å². The van der Waals surface area contributed by atoms with Crippen LogP contribution < -0.4 is 15.4 Å². The number of nitrogens with zero attached hydrogens (tertiary/aromatic N) is 1. The first-order valence-corrected chi connectivity index (χ1v) is 7.17. The Kier molecular flexibility index (Phi) is 5.35. The average molecular weight is 305 g/mol. The van der Waals surface area contributed by atoms with Gasteiger partial charge in [0.05, 0.1) is 23.8 Å². The number of amides is 2. The first kappa shape index (κ1) is 15.8. The van der Waals surface area contributed by atoms with Gasteiger partial charge in [0.15, 0.2) is 0 Å². The molecule has 1 aromatic carbocycles. The van der Waals surface area contributed by atoms with Gasteiger partial charge in [-0.2, -0.15) is 0 Å². The van der Waals surface area contributed by atoms with Gasteiger partial charge in [0, 0.05) is 12.3 Å². The van der Waals surface area contributed by atoms with E-state index in [9.17, 15) is 14.9 Å². The van der Waals surface area contributed by atoms with E-state index in [0.717, 1.165) is 12.8 Å². The molecule has 1 aromatic rings. The second-order valence-corrected chi connectivity index (χ2v) is 5.14. The van der Waals surface area contributed by atoms with E-state index in [0.29, 0.717) is 11.6 Å². The SMILES string of the molecule is COc1cc([N+](=O)[O-])ccc1NC(=O)N/C=C/C1CCCC1. The second kappa shape index (κ2) is 7.44. The number of nitro benzene ring substituents is 1. The molecule has 1 saturated carbocycles. The van der Waals surface area contributed by atoms with E-state index in [-0.39, 0.29) is 11.4 Å². The predicted octanol–water partition coefficient (Wildman–Crippen LogP) is 3.43. The zero-order valence-corrected chi connectivity index (χ0v) is 12.4. The molecule has 118 valence electrons. The Balaban J connectivity index is 1.94. The molecular weight excluding hydrogens is 286 g/mol. The number of nitrogens with one attached hydrogen (secondary N) is 2. The molecule has 1 fully saturated rings. The highest BCUT2D eigenvalue weighted by Crippen LogP contribution is 2.29. The quantitative estimate of drug-likeness (QED) is 0.643. The Bertz CT molecular complexity index is 580. The maximum Gasteiger partial charge on any atom is 0.323 e. The maximum atomic E-state index is 11.8. The number of rotatable bonds is 5. The van der Waals surface area contributed by atoms with Crippen molar-refractivity contribution < 1.29 is 14.5 Å². The number of non-ortho nitro benzene ring substituents is 1. The standard InChI is InChI=1S/C15H19N3O4/c1-22-14-10-12(18(20)21)6-7-13(14)17-15(19)16-9-8-11-4-2-3-5-11/h6-11H,2-5H2,1H3,(H2,16,17,19)/b9-8+. The largest absolute Gasteiger partial charge is 0.494 e. The molecule has 22 heavy (non-hydrogen) atoms. The Morgan fingerprint density at radius 2 is 2.14 bits per heavy atom. The number of benzene rings is 1. The number of nitro groups is 1. The van der Waals surface area contributed by atoms with Crippen molar-refractivity contribution in [3.05, 3.63) is 40.6 Å². The van der Waals surface area contributed by atoms with Gasteiger partial charge in [-0.25, -0.2) is 4.79 Å². The van der Waals surface area contributed by atoms with Crippen LogP contribution in [0.5, 0.6) is 5.75 Å². The Labute approximate surface area is 128 Å². The molecule has 0 spiro atoms. The Morgan fingerprint density at radius 3 is 2.77 bits per heavy atom. The minimum atomic E-state index is -0.517. The summed E-state index contributed by atoms with van der Waals surface area (Å²) in [7, 11) is 1.39. The molecule has 7 heteroatoms. The molecule has 0 heterocycles. The van der Waals surface area contributed by atoms with Gasteiger partial charge in [0.2, 0.25) is 0 Å². The summed E-state index contributed by atoms with van der Waals surface area (Å²) in [6, 6.07) is 3.61. The van der Waals surface area contributed by atoms with Crippen LogP contribution >= 0.6 is 0 Å². The lowest BCUT2D eigenvalue weighted by molar-refractivity contribution is -0.384. The highest BCUT2D eigenvalue weighted by Gasteiger charge is 2.13. The lowest BCUT2D eigenvalue weighted by Crippen LogP contribution is -2.24. The summed E-state index contributed by atoms with van der Waals surface area (Å²) in [5.41, 5.74) is 0.281. The number of hydrogen-bond donors (Lipinski definition) is 2. The van der Waals surface area contributed by atoms with Crippen molar-refractivity contribution >= 4 is 17.4 Å². The number of urea groups is 1. The van der Waals surface area contributed by atoms with Crippen LogP contribution in [0.3, 0.4) is 0 Å². The molecule has 0 saturated heterocycles. The van der Waals surface area contributed by atoms with Crippen molar-refractivity contribution in [3.8, 4) is 5.75 Å². The third-order valence-corrected chi connectivity index (χ3v) is 3.63. The van der Waals surface area contributed by atoms with Crippen molar-refractivity contribution in [2.75, 3.05) is 12.4 Å². The smallest absolute Gasteiger partial charge is 0.323 e. The average Bonchev–Trinajstić information content (AvgIpc) is 3.00. The molecule has 0 aromatic heterocycles. The first-order chi connectivity index (χ1) is 10.6. The Morgan fingerprint density at radius 1 is 1.41 bits per heavy atom. The fraction of sp³-hybridized carbons (Fsp3) is 0.400. The minimum absolute atomic E-state index is 0.0936. The molecule has 2 amide bonds. The predicted molar refractivity (Wildman–Crippen MR) is 82.9 cm³/mol. The van der Waals surface area contributed by atoms with Gasteiger partial charge in [0.1, 0.15) is 5.75 Å². The van der Waals surface area contributed by atoms with Crippen molar-refractivity contribution in [1.82, 2.24) is 5.32 Å². The van der Waals surface area contributed by atoms with Crippen molar-refractivity contribution in [2.45, 2.75) is 25.7 Å². The lowest BCUT2D eigenvalue weighted by Gasteiger charge is -2.09. The summed E-state index contributed by atoms with van der Waals surface area (Å²) in [6.45, 7) is 0. The van der Waals surface area contributed by atoms with Crippen molar-refractivity contribution in [3.63, 3.8) is 0 Å². The number of allylic oxidation sites excluding steroid dienone is 1. The summed E-state index contributed by atoms with van der Waals surface area (Å²) >= 11 is 0. The van der Waals surface area contributed by atoms with Crippen LogP contribution in [0, 0.1) is 16.0 Å². The molecule has 7 nitrogen and oxygen atoms in total. The third-order valence-electron chi connectivity index (χ3n) is 3.63. The summed E-state index contributed by atoms with van der Waals surface area (Å²) < 4.78 is 5.06. The van der Waals surface area contributed by atoms with Crippen molar-refractivity contribution in [2.24, 2.45) is 5.92 Å². The molecule has 2 rings (SSSR count). The van der Waals surface area contributed by atoms with Crippen LogP contribution in [-0.2, 0) is 0 Å². The molecule has 1 aliphatic rings. The Hall–Kier alpha value is -2.57. The van der Waals surface area contributed by atoms with E-state index in [1.54, 1.807) is 6.20 Å². The monoisotopic (exact) mass is 305 g/mol. The van der Waals surface area contributed by atoms with Gasteiger partial charge >= 0.3 is 6.03 Å². The molecule has 1 aliphatic carbocycles. The second-order valence-electron chi connectivity index (χ2n) is 5.14. The molecule has 0 radical (unpaired) electrons. The number of carbonyl (C=O) groups excluding carboxylic acids is 1. The lowest BCUT2D eigenvalue weighted by atomic mass is 10.1. The van der Waals surface area contributed by atoms with E-state index >= 15 is 0 Å². The summed E-state index contributed by atoms with van der Waals surface area (Å²) in [5, 5.41) is 15.9. The number of hydrogen-bond acceptors (Lipinski definition) is 4. The molecule has 0 atom stereocenters. The van der Waals surface area contributed by atoms with Gasteiger partial charge in [-0.15, -0.1) is 0 Å². The van der Waals surface area contributed by atoms with E-state index in [1.807, 2.05) is 6.08 Å². The molecule has 0 aliphatic heterocycles. The van der Waals surface area contributed by atoms with Crippen LogP contribution in [-0.4, -0.2) is 18.1 Å².